The molecule has 2 rings (SSSR count). The molecule has 0 radical (unpaired) electrons. The summed E-state index contributed by atoms with van der Waals surface area (Å²) in [7, 11) is 1.53. The van der Waals surface area contributed by atoms with Crippen LogP contribution in [0.4, 0.5) is 0 Å². The zero-order valence-electron chi connectivity index (χ0n) is 10.9. The average molecular weight is 390 g/mol. The van der Waals surface area contributed by atoms with Gasteiger partial charge < -0.3 is 9.47 Å². The fourth-order valence-corrected chi connectivity index (χ4v) is 3.05. The first-order valence-corrected chi connectivity index (χ1v) is 7.79. The van der Waals surface area contributed by atoms with E-state index in [-0.39, 0.29) is 12.4 Å². The zero-order chi connectivity index (χ0) is 15.4. The van der Waals surface area contributed by atoms with Crippen molar-refractivity contribution in [3.05, 3.63) is 49.6 Å². The summed E-state index contributed by atoms with van der Waals surface area (Å²) >= 11 is 10.2. The Morgan fingerprint density at radius 1 is 1.29 bits per heavy atom. The van der Waals surface area contributed by atoms with Gasteiger partial charge in [-0.25, -0.2) is 4.79 Å². The molecule has 1 aromatic carbocycles. The van der Waals surface area contributed by atoms with Crippen molar-refractivity contribution in [3.8, 4) is 5.75 Å². The summed E-state index contributed by atoms with van der Waals surface area (Å²) in [5, 5.41) is 0. The lowest BCUT2D eigenvalue weighted by molar-refractivity contribution is 0.0475. The highest BCUT2D eigenvalue weighted by Crippen LogP contribution is 2.26. The van der Waals surface area contributed by atoms with Crippen LogP contribution in [0.2, 0.25) is 4.34 Å². The number of thiophene rings is 1. The van der Waals surface area contributed by atoms with Crippen molar-refractivity contribution in [3.63, 3.8) is 0 Å². The van der Waals surface area contributed by atoms with E-state index in [0.717, 1.165) is 11.3 Å². The number of methoxy groups -OCH3 is 1. The van der Waals surface area contributed by atoms with Gasteiger partial charge in [-0.15, -0.1) is 11.3 Å². The number of hydrogen-bond acceptors (Lipinski definition) is 5. The first kappa shape index (κ1) is 16.0. The number of Topliss-reactive ketones (excluding diaryl/α,β-unsaturated/α-hetero) is 1. The van der Waals surface area contributed by atoms with Crippen LogP contribution in [0.1, 0.15) is 20.0 Å². The van der Waals surface area contributed by atoms with Gasteiger partial charge in [0.05, 0.1) is 26.4 Å². The van der Waals surface area contributed by atoms with Crippen LogP contribution in [-0.2, 0) is 4.74 Å². The van der Waals surface area contributed by atoms with Crippen molar-refractivity contribution in [2.45, 2.75) is 0 Å². The number of carbonyl (C=O) groups excluding carboxylic acids is 2. The summed E-state index contributed by atoms with van der Waals surface area (Å²) in [6.45, 7) is -0.320. The van der Waals surface area contributed by atoms with Crippen LogP contribution in [-0.4, -0.2) is 25.5 Å². The minimum Gasteiger partial charge on any atom is -0.496 e. The molecule has 0 bridgehead atoms. The highest BCUT2D eigenvalue weighted by Gasteiger charge is 2.14. The second kappa shape index (κ2) is 7.06. The molecular formula is C14H10BrClO4S. The zero-order valence-corrected chi connectivity index (χ0v) is 14.0. The molecule has 0 aliphatic heterocycles. The Morgan fingerprint density at radius 3 is 2.62 bits per heavy atom. The van der Waals surface area contributed by atoms with Gasteiger partial charge in [0.15, 0.2) is 6.61 Å². The van der Waals surface area contributed by atoms with Crippen LogP contribution in [0.5, 0.6) is 5.75 Å². The van der Waals surface area contributed by atoms with Gasteiger partial charge in [-0.3, -0.25) is 4.79 Å². The summed E-state index contributed by atoms with van der Waals surface area (Å²) < 4.78 is 11.2. The maximum atomic E-state index is 11.9. The molecule has 0 atom stereocenters. The van der Waals surface area contributed by atoms with Crippen LogP contribution in [0, 0.1) is 0 Å². The fraction of sp³-hybridized carbons (Fsp3) is 0.143. The number of carbonyl (C=O) groups is 2. The molecule has 1 heterocycles. The lowest BCUT2D eigenvalue weighted by Gasteiger charge is -2.06. The van der Waals surface area contributed by atoms with Crippen molar-refractivity contribution in [2.75, 3.05) is 13.7 Å². The molecular weight excluding hydrogens is 380 g/mol. The molecule has 0 unspecified atom stereocenters. The van der Waals surface area contributed by atoms with Gasteiger partial charge >= 0.3 is 5.97 Å². The molecule has 0 saturated heterocycles. The van der Waals surface area contributed by atoms with Gasteiger partial charge in [0, 0.05) is 0 Å². The number of rotatable bonds is 5. The number of ether oxygens (including phenoxy) is 2. The molecule has 2 aromatic rings. The Bertz CT molecular complexity index is 683. The molecule has 110 valence electrons. The van der Waals surface area contributed by atoms with Gasteiger partial charge in [-0.2, -0.15) is 0 Å². The largest absolute Gasteiger partial charge is 0.496 e. The summed E-state index contributed by atoms with van der Waals surface area (Å²) in [6, 6.07) is 8.02. The van der Waals surface area contributed by atoms with E-state index in [2.05, 4.69) is 15.9 Å². The number of hydrogen-bond donors (Lipinski definition) is 0. The Labute approximate surface area is 138 Å². The smallest absolute Gasteiger partial charge is 0.338 e. The summed E-state index contributed by atoms with van der Waals surface area (Å²) in [5.74, 6) is -0.252. The van der Waals surface area contributed by atoms with Crippen molar-refractivity contribution in [2.24, 2.45) is 0 Å². The minimum absolute atomic E-state index is 0.284. The van der Waals surface area contributed by atoms with Gasteiger partial charge in [0.2, 0.25) is 5.78 Å². The molecule has 1 aromatic heterocycles. The summed E-state index contributed by atoms with van der Waals surface area (Å²) in [6.07, 6.45) is 0. The molecule has 0 aliphatic rings. The standard InChI is InChI=1S/C14H10BrClO4S/c1-19-11-3-2-8(6-9(11)15)14(18)20-7-10(17)12-4-5-13(16)21-12/h2-6H,7H2,1H3. The monoisotopic (exact) mass is 388 g/mol. The molecule has 21 heavy (non-hydrogen) atoms. The predicted molar refractivity (Wildman–Crippen MR) is 84.6 cm³/mol. The number of esters is 1. The SMILES string of the molecule is COc1ccc(C(=O)OCC(=O)c2ccc(Cl)s2)cc1Br. The van der Waals surface area contributed by atoms with Crippen LogP contribution < -0.4 is 4.74 Å². The Hall–Kier alpha value is -1.37. The molecule has 7 heteroatoms. The third-order valence-electron chi connectivity index (χ3n) is 2.57. The number of halogens is 2. The normalized spacial score (nSPS) is 10.2. The van der Waals surface area contributed by atoms with E-state index in [1.165, 1.54) is 7.11 Å². The van der Waals surface area contributed by atoms with Crippen LogP contribution in [0.25, 0.3) is 0 Å². The van der Waals surface area contributed by atoms with E-state index < -0.39 is 5.97 Å². The first-order valence-electron chi connectivity index (χ1n) is 5.80. The third kappa shape index (κ3) is 4.06. The van der Waals surface area contributed by atoms with Gasteiger partial charge in [-0.1, -0.05) is 11.6 Å². The minimum atomic E-state index is -0.575. The summed E-state index contributed by atoms with van der Waals surface area (Å²) in [4.78, 5) is 24.1. The lowest BCUT2D eigenvalue weighted by atomic mass is 10.2. The maximum absolute atomic E-state index is 11.9. The number of benzene rings is 1. The average Bonchev–Trinajstić information content (AvgIpc) is 2.91. The van der Waals surface area contributed by atoms with Gasteiger partial charge in [0.25, 0.3) is 0 Å². The Kier molecular flexibility index (Phi) is 5.39. The molecule has 0 aliphatic carbocycles. The molecule has 0 saturated carbocycles. The quantitative estimate of drug-likeness (QED) is 0.568. The highest BCUT2D eigenvalue weighted by atomic mass is 79.9. The first-order chi connectivity index (χ1) is 10.0. The van der Waals surface area contributed by atoms with Crippen molar-refractivity contribution in [1.29, 1.82) is 0 Å². The highest BCUT2D eigenvalue weighted by molar-refractivity contribution is 9.10. The topological polar surface area (TPSA) is 52.6 Å². The van der Waals surface area contributed by atoms with Crippen LogP contribution >= 0.6 is 38.9 Å². The van der Waals surface area contributed by atoms with Crippen molar-refractivity contribution < 1.29 is 19.1 Å². The van der Waals surface area contributed by atoms with E-state index in [1.54, 1.807) is 30.3 Å². The van der Waals surface area contributed by atoms with Gasteiger partial charge in [0.1, 0.15) is 5.75 Å². The van der Waals surface area contributed by atoms with Crippen molar-refractivity contribution >= 4 is 50.6 Å². The Morgan fingerprint density at radius 2 is 2.05 bits per heavy atom. The fourth-order valence-electron chi connectivity index (χ4n) is 1.54. The third-order valence-corrected chi connectivity index (χ3v) is 4.46. The lowest BCUT2D eigenvalue weighted by Crippen LogP contribution is -2.13. The number of ketones is 1. The molecule has 4 nitrogen and oxygen atoms in total. The van der Waals surface area contributed by atoms with Crippen LogP contribution in [0.3, 0.4) is 0 Å². The summed E-state index contributed by atoms with van der Waals surface area (Å²) in [5.41, 5.74) is 0.333. The van der Waals surface area contributed by atoms with E-state index in [1.807, 2.05) is 0 Å². The second-order valence-electron chi connectivity index (χ2n) is 3.95. The molecule has 0 spiro atoms. The van der Waals surface area contributed by atoms with Gasteiger partial charge in [-0.05, 0) is 46.3 Å². The maximum Gasteiger partial charge on any atom is 0.338 e. The molecule has 0 fully saturated rings. The molecule has 0 amide bonds. The molecule has 0 N–H and O–H groups in total. The van der Waals surface area contributed by atoms with E-state index in [9.17, 15) is 9.59 Å². The van der Waals surface area contributed by atoms with E-state index in [4.69, 9.17) is 21.1 Å². The van der Waals surface area contributed by atoms with Crippen LogP contribution in [0.15, 0.2) is 34.8 Å². The second-order valence-corrected chi connectivity index (χ2v) is 6.52. The van der Waals surface area contributed by atoms with Crippen molar-refractivity contribution in [1.82, 2.24) is 0 Å². The predicted octanol–water partition coefficient (Wildman–Crippen LogP) is 4.21. The van der Waals surface area contributed by atoms with E-state index >= 15 is 0 Å². The van der Waals surface area contributed by atoms with E-state index in [0.29, 0.717) is 25.0 Å². The Balaban J connectivity index is 1.98.